The number of nitrogens with one attached hydrogen (secondary N) is 1. The highest BCUT2D eigenvalue weighted by Gasteiger charge is 2.05. The van der Waals surface area contributed by atoms with Crippen LogP contribution in [0.15, 0.2) is 77.8 Å². The highest BCUT2D eigenvalue weighted by Crippen LogP contribution is 2.28. The molecule has 0 atom stereocenters. The average Bonchev–Trinajstić information content (AvgIpc) is 2.74. The molecule has 0 aliphatic rings. The predicted octanol–water partition coefficient (Wildman–Crippen LogP) is 5.03. The zero-order valence-electron chi connectivity index (χ0n) is 16.6. The first-order valence-electron chi connectivity index (χ1n) is 9.40. The van der Waals surface area contributed by atoms with E-state index in [1.54, 1.807) is 13.3 Å². The molecular weight excluding hydrogens is 364 g/mol. The summed E-state index contributed by atoms with van der Waals surface area (Å²) in [7, 11) is 1.63. The first-order valence-corrected chi connectivity index (χ1v) is 9.40. The van der Waals surface area contributed by atoms with Crippen LogP contribution in [0, 0.1) is 0 Å². The predicted molar refractivity (Wildman–Crippen MR) is 117 cm³/mol. The molecule has 0 aliphatic heterocycles. The van der Waals surface area contributed by atoms with E-state index in [1.807, 2.05) is 60.7 Å². The second-order valence-electron chi connectivity index (χ2n) is 6.48. The van der Waals surface area contributed by atoms with Crippen LogP contribution < -0.4 is 14.8 Å². The minimum atomic E-state index is -0.0978. The fourth-order valence-corrected chi connectivity index (χ4v) is 2.79. The van der Waals surface area contributed by atoms with E-state index in [0.29, 0.717) is 18.1 Å². The van der Waals surface area contributed by atoms with E-state index in [4.69, 9.17) is 9.47 Å². The number of methoxy groups -OCH3 is 1. The average molecular weight is 388 g/mol. The lowest BCUT2D eigenvalue weighted by Crippen LogP contribution is -2.04. The molecule has 0 radical (unpaired) electrons. The van der Waals surface area contributed by atoms with Crippen molar-refractivity contribution in [3.05, 3.63) is 83.9 Å². The van der Waals surface area contributed by atoms with Crippen molar-refractivity contribution in [1.29, 1.82) is 0 Å². The molecule has 0 fully saturated rings. The van der Waals surface area contributed by atoms with Crippen LogP contribution in [0.25, 0.3) is 0 Å². The molecule has 0 saturated carbocycles. The molecule has 5 heteroatoms. The molecule has 0 bridgehead atoms. The number of carbonyl (C=O) groups excluding carboxylic acids is 1. The fourth-order valence-electron chi connectivity index (χ4n) is 2.79. The highest BCUT2D eigenvalue weighted by molar-refractivity contribution is 5.89. The fraction of sp³-hybridized carbons (Fsp3) is 0.167. The number of rotatable bonds is 8. The summed E-state index contributed by atoms with van der Waals surface area (Å²) >= 11 is 0. The van der Waals surface area contributed by atoms with Crippen molar-refractivity contribution in [3.8, 4) is 11.5 Å². The third-order valence-corrected chi connectivity index (χ3v) is 4.23. The van der Waals surface area contributed by atoms with Gasteiger partial charge in [0.2, 0.25) is 5.91 Å². The van der Waals surface area contributed by atoms with Gasteiger partial charge in [-0.1, -0.05) is 30.3 Å². The van der Waals surface area contributed by atoms with Crippen molar-refractivity contribution in [2.45, 2.75) is 13.3 Å². The molecule has 1 amide bonds. The zero-order chi connectivity index (χ0) is 20.5. The lowest BCUT2D eigenvalue weighted by atomic mass is 10.2. The Bertz CT molecular complexity index is 967. The summed E-state index contributed by atoms with van der Waals surface area (Å²) < 4.78 is 11.4. The summed E-state index contributed by atoms with van der Waals surface area (Å²) in [5.74, 6) is 1.28. The molecule has 0 saturated heterocycles. The summed E-state index contributed by atoms with van der Waals surface area (Å²) in [4.78, 5) is 15.5. The number of aliphatic imine (C=N–C) groups is 1. The van der Waals surface area contributed by atoms with Crippen LogP contribution >= 0.6 is 0 Å². The Labute approximate surface area is 171 Å². The largest absolute Gasteiger partial charge is 0.493 e. The van der Waals surface area contributed by atoms with Crippen molar-refractivity contribution < 1.29 is 14.3 Å². The highest BCUT2D eigenvalue weighted by atomic mass is 16.5. The van der Waals surface area contributed by atoms with E-state index in [9.17, 15) is 4.79 Å². The molecule has 3 aromatic rings. The molecule has 29 heavy (non-hydrogen) atoms. The Morgan fingerprint density at radius 3 is 2.45 bits per heavy atom. The SMILES string of the molecule is COc1cc(C=Nc2ccc(NC(C)=O)cc2)ccc1OCCc1ccccc1. The van der Waals surface area contributed by atoms with Crippen LogP contribution in [0.3, 0.4) is 0 Å². The second-order valence-corrected chi connectivity index (χ2v) is 6.48. The normalized spacial score (nSPS) is 10.7. The third-order valence-electron chi connectivity index (χ3n) is 4.23. The van der Waals surface area contributed by atoms with E-state index >= 15 is 0 Å². The molecule has 148 valence electrons. The summed E-state index contributed by atoms with van der Waals surface area (Å²) in [5, 5.41) is 2.73. The Balaban J connectivity index is 1.61. The Hall–Kier alpha value is -3.60. The number of carbonyl (C=O) groups is 1. The smallest absolute Gasteiger partial charge is 0.221 e. The van der Waals surface area contributed by atoms with Crippen molar-refractivity contribution in [3.63, 3.8) is 0 Å². The monoisotopic (exact) mass is 388 g/mol. The maximum Gasteiger partial charge on any atom is 0.221 e. The van der Waals surface area contributed by atoms with Gasteiger partial charge in [-0.25, -0.2) is 0 Å². The van der Waals surface area contributed by atoms with Gasteiger partial charge in [-0.3, -0.25) is 9.79 Å². The van der Waals surface area contributed by atoms with Crippen molar-refractivity contribution in [2.75, 3.05) is 19.0 Å². The lowest BCUT2D eigenvalue weighted by molar-refractivity contribution is -0.114. The summed E-state index contributed by atoms with van der Waals surface area (Å²) in [6, 6.07) is 23.3. The minimum absolute atomic E-state index is 0.0978. The minimum Gasteiger partial charge on any atom is -0.493 e. The number of nitrogens with zero attached hydrogens (tertiary/aromatic N) is 1. The Morgan fingerprint density at radius 2 is 1.76 bits per heavy atom. The second kappa shape index (κ2) is 10.1. The molecule has 0 aliphatic carbocycles. The first kappa shape index (κ1) is 20.1. The van der Waals surface area contributed by atoms with Crippen molar-refractivity contribution in [1.82, 2.24) is 0 Å². The van der Waals surface area contributed by atoms with E-state index in [1.165, 1.54) is 12.5 Å². The topological polar surface area (TPSA) is 59.9 Å². The summed E-state index contributed by atoms with van der Waals surface area (Å²) in [6.45, 7) is 2.06. The van der Waals surface area contributed by atoms with Gasteiger partial charge in [0.1, 0.15) is 0 Å². The van der Waals surface area contributed by atoms with E-state index in [2.05, 4.69) is 22.4 Å². The Kier molecular flexibility index (Phi) is 7.00. The molecule has 3 aromatic carbocycles. The molecule has 0 heterocycles. The number of hydrogen-bond acceptors (Lipinski definition) is 4. The quantitative estimate of drug-likeness (QED) is 0.551. The zero-order valence-corrected chi connectivity index (χ0v) is 16.6. The maximum absolute atomic E-state index is 11.1. The molecule has 0 unspecified atom stereocenters. The number of anilines is 1. The molecule has 3 rings (SSSR count). The number of ether oxygens (including phenoxy) is 2. The van der Waals surface area contributed by atoms with Crippen LogP contribution in [-0.4, -0.2) is 25.8 Å². The van der Waals surface area contributed by atoms with Crippen LogP contribution in [0.1, 0.15) is 18.1 Å². The first-order chi connectivity index (χ1) is 14.1. The third kappa shape index (κ3) is 6.21. The number of hydrogen-bond donors (Lipinski definition) is 1. The van der Waals surface area contributed by atoms with Crippen LogP contribution in [0.2, 0.25) is 0 Å². The molecule has 5 nitrogen and oxygen atoms in total. The number of amides is 1. The van der Waals surface area contributed by atoms with E-state index < -0.39 is 0 Å². The van der Waals surface area contributed by atoms with Gasteiger partial charge in [0.25, 0.3) is 0 Å². The van der Waals surface area contributed by atoms with Gasteiger partial charge in [-0.2, -0.15) is 0 Å². The van der Waals surface area contributed by atoms with E-state index in [0.717, 1.165) is 23.4 Å². The van der Waals surface area contributed by atoms with Crippen LogP contribution in [0.5, 0.6) is 11.5 Å². The summed E-state index contributed by atoms with van der Waals surface area (Å²) in [6.07, 6.45) is 2.60. The standard InChI is InChI=1S/C24H24N2O3/c1-18(27)26-22-11-9-21(10-12-22)25-17-20-8-13-23(24(16-20)28-2)29-15-14-19-6-4-3-5-7-19/h3-13,16-17H,14-15H2,1-2H3,(H,26,27). The van der Waals surface area contributed by atoms with Gasteiger partial charge in [0, 0.05) is 25.2 Å². The van der Waals surface area contributed by atoms with Crippen LogP contribution in [-0.2, 0) is 11.2 Å². The van der Waals surface area contributed by atoms with Gasteiger partial charge in [-0.05, 0) is 53.6 Å². The van der Waals surface area contributed by atoms with Crippen molar-refractivity contribution >= 4 is 23.5 Å². The maximum atomic E-state index is 11.1. The van der Waals surface area contributed by atoms with Crippen LogP contribution in [0.4, 0.5) is 11.4 Å². The van der Waals surface area contributed by atoms with Crippen molar-refractivity contribution in [2.24, 2.45) is 4.99 Å². The molecule has 0 aromatic heterocycles. The summed E-state index contributed by atoms with van der Waals surface area (Å²) in [5.41, 5.74) is 3.68. The van der Waals surface area contributed by atoms with Gasteiger partial charge in [0.05, 0.1) is 19.4 Å². The van der Waals surface area contributed by atoms with E-state index in [-0.39, 0.29) is 5.91 Å². The molecule has 1 N–H and O–H groups in total. The van der Waals surface area contributed by atoms with Gasteiger partial charge < -0.3 is 14.8 Å². The molecular formula is C24H24N2O3. The van der Waals surface area contributed by atoms with Gasteiger partial charge >= 0.3 is 0 Å². The van der Waals surface area contributed by atoms with Gasteiger partial charge in [0.15, 0.2) is 11.5 Å². The number of benzene rings is 3. The molecule has 0 spiro atoms. The van der Waals surface area contributed by atoms with Gasteiger partial charge in [-0.15, -0.1) is 0 Å². The Morgan fingerprint density at radius 1 is 1.00 bits per heavy atom. The lowest BCUT2D eigenvalue weighted by Gasteiger charge is -2.11.